The zero-order valence-corrected chi connectivity index (χ0v) is 9.71. The van der Waals surface area contributed by atoms with Gasteiger partial charge in [0.25, 0.3) is 0 Å². The third-order valence-electron chi connectivity index (χ3n) is 2.34. The Bertz CT molecular complexity index is 460. The number of aromatic nitrogens is 1. The van der Waals surface area contributed by atoms with Gasteiger partial charge in [-0.05, 0) is 12.0 Å². The topological polar surface area (TPSA) is 38.9 Å². The van der Waals surface area contributed by atoms with Crippen LogP contribution in [0.15, 0.2) is 29.8 Å². The van der Waals surface area contributed by atoms with E-state index in [4.69, 9.17) is 5.73 Å². The molecule has 0 amide bonds. The highest BCUT2D eigenvalue weighted by Crippen LogP contribution is 2.33. The van der Waals surface area contributed by atoms with Gasteiger partial charge in [0.1, 0.15) is 0 Å². The Morgan fingerprint density at radius 3 is 2.67 bits per heavy atom. The van der Waals surface area contributed by atoms with Crippen LogP contribution < -0.4 is 5.73 Å². The van der Waals surface area contributed by atoms with Crippen LogP contribution in [-0.4, -0.2) is 4.98 Å². The summed E-state index contributed by atoms with van der Waals surface area (Å²) in [5.41, 5.74) is 10.7. The molecule has 0 atom stereocenters. The highest BCUT2D eigenvalue weighted by atomic mass is 32.1. The van der Waals surface area contributed by atoms with Gasteiger partial charge in [-0.1, -0.05) is 32.0 Å². The van der Waals surface area contributed by atoms with E-state index in [0.717, 1.165) is 16.9 Å². The Balaban J connectivity index is 2.55. The lowest BCUT2D eigenvalue weighted by Crippen LogP contribution is -1.93. The van der Waals surface area contributed by atoms with E-state index >= 15 is 0 Å². The van der Waals surface area contributed by atoms with E-state index in [9.17, 15) is 0 Å². The van der Waals surface area contributed by atoms with Crippen LogP contribution in [0.4, 0.5) is 5.69 Å². The number of anilines is 1. The molecule has 1 aromatic heterocycles. The van der Waals surface area contributed by atoms with Crippen LogP contribution in [0.25, 0.3) is 11.3 Å². The van der Waals surface area contributed by atoms with E-state index in [0.29, 0.717) is 5.92 Å². The predicted molar refractivity (Wildman–Crippen MR) is 66.1 cm³/mol. The summed E-state index contributed by atoms with van der Waals surface area (Å²) >= 11 is 1.69. The summed E-state index contributed by atoms with van der Waals surface area (Å²) < 4.78 is 0. The number of hydrogen-bond donors (Lipinski definition) is 1. The molecule has 0 unspecified atom stereocenters. The normalized spacial score (nSPS) is 10.9. The van der Waals surface area contributed by atoms with E-state index in [1.165, 1.54) is 4.88 Å². The minimum absolute atomic E-state index is 0.493. The van der Waals surface area contributed by atoms with Gasteiger partial charge in [0.15, 0.2) is 0 Å². The first kappa shape index (κ1) is 10.2. The van der Waals surface area contributed by atoms with Crippen LogP contribution in [0, 0.1) is 0 Å². The van der Waals surface area contributed by atoms with E-state index < -0.39 is 0 Å². The first-order chi connectivity index (χ1) is 7.20. The number of nitrogens with zero attached hydrogens (tertiary/aromatic N) is 1. The molecular weight excluding hydrogens is 204 g/mol. The van der Waals surface area contributed by atoms with Gasteiger partial charge in [-0.25, -0.2) is 4.98 Å². The van der Waals surface area contributed by atoms with Crippen molar-refractivity contribution in [3.8, 4) is 11.3 Å². The number of nitrogen functional groups attached to an aromatic ring is 1. The maximum atomic E-state index is 5.95. The summed E-state index contributed by atoms with van der Waals surface area (Å²) in [6.07, 6.45) is 0. The molecule has 0 bridgehead atoms. The second-order valence-corrected chi connectivity index (χ2v) is 4.69. The summed E-state index contributed by atoms with van der Waals surface area (Å²) in [5.74, 6) is 0.493. The average Bonchev–Trinajstić information content (AvgIpc) is 2.67. The lowest BCUT2D eigenvalue weighted by atomic mass is 10.0. The first-order valence-corrected chi connectivity index (χ1v) is 5.86. The fourth-order valence-corrected chi connectivity index (χ4v) is 2.40. The number of benzene rings is 1. The van der Waals surface area contributed by atoms with E-state index in [1.54, 1.807) is 11.3 Å². The molecule has 0 aliphatic carbocycles. The maximum Gasteiger partial charge on any atom is 0.0866 e. The molecule has 1 aromatic carbocycles. The molecule has 0 radical (unpaired) electrons. The van der Waals surface area contributed by atoms with E-state index in [-0.39, 0.29) is 0 Å². The summed E-state index contributed by atoms with van der Waals surface area (Å²) in [7, 11) is 0. The number of nitrogens with two attached hydrogens (primary N) is 1. The van der Waals surface area contributed by atoms with Crippen molar-refractivity contribution in [2.75, 3.05) is 5.73 Å². The Morgan fingerprint density at radius 2 is 2.00 bits per heavy atom. The van der Waals surface area contributed by atoms with Crippen LogP contribution in [-0.2, 0) is 0 Å². The third-order valence-corrected chi connectivity index (χ3v) is 3.46. The molecule has 0 saturated heterocycles. The quantitative estimate of drug-likeness (QED) is 0.783. The number of hydrogen-bond acceptors (Lipinski definition) is 3. The van der Waals surface area contributed by atoms with E-state index in [2.05, 4.69) is 18.8 Å². The maximum absolute atomic E-state index is 5.95. The lowest BCUT2D eigenvalue weighted by molar-refractivity contribution is 0.888. The molecule has 0 saturated carbocycles. The summed E-state index contributed by atoms with van der Waals surface area (Å²) in [4.78, 5) is 5.71. The molecule has 3 heteroatoms. The largest absolute Gasteiger partial charge is 0.398 e. The van der Waals surface area contributed by atoms with Gasteiger partial charge in [0, 0.05) is 16.1 Å². The van der Waals surface area contributed by atoms with Crippen LogP contribution in [0.3, 0.4) is 0 Å². The molecule has 78 valence electrons. The third kappa shape index (κ3) is 1.88. The van der Waals surface area contributed by atoms with Crippen molar-refractivity contribution in [3.05, 3.63) is 34.7 Å². The minimum atomic E-state index is 0.493. The standard InChI is InChI=1S/C12H14N2S/c1-8(2)12-11(14-7-15-12)9-5-3-4-6-10(9)13/h3-8H,13H2,1-2H3. The summed E-state index contributed by atoms with van der Waals surface area (Å²) in [6.45, 7) is 4.35. The van der Waals surface area contributed by atoms with Crippen LogP contribution in [0.5, 0.6) is 0 Å². The number of rotatable bonds is 2. The van der Waals surface area contributed by atoms with Gasteiger partial charge in [0.05, 0.1) is 11.2 Å². The highest BCUT2D eigenvalue weighted by molar-refractivity contribution is 7.10. The van der Waals surface area contributed by atoms with Gasteiger partial charge in [-0.2, -0.15) is 0 Å². The van der Waals surface area contributed by atoms with Crippen LogP contribution in [0.2, 0.25) is 0 Å². The van der Waals surface area contributed by atoms with Crippen molar-refractivity contribution in [2.45, 2.75) is 19.8 Å². The Morgan fingerprint density at radius 1 is 1.27 bits per heavy atom. The van der Waals surface area contributed by atoms with Crippen molar-refractivity contribution in [1.29, 1.82) is 0 Å². The van der Waals surface area contributed by atoms with Crippen molar-refractivity contribution in [3.63, 3.8) is 0 Å². The van der Waals surface area contributed by atoms with Crippen molar-refractivity contribution in [2.24, 2.45) is 0 Å². The molecule has 0 aliphatic heterocycles. The van der Waals surface area contributed by atoms with Gasteiger partial charge in [0.2, 0.25) is 0 Å². The fraction of sp³-hybridized carbons (Fsp3) is 0.250. The molecule has 2 nitrogen and oxygen atoms in total. The molecule has 2 rings (SSSR count). The van der Waals surface area contributed by atoms with Crippen LogP contribution in [0.1, 0.15) is 24.6 Å². The molecular formula is C12H14N2S. The Hall–Kier alpha value is -1.35. The molecule has 0 aliphatic rings. The Kier molecular flexibility index (Phi) is 2.73. The highest BCUT2D eigenvalue weighted by Gasteiger charge is 2.13. The van der Waals surface area contributed by atoms with Gasteiger partial charge in [-0.15, -0.1) is 11.3 Å². The minimum Gasteiger partial charge on any atom is -0.398 e. The zero-order valence-electron chi connectivity index (χ0n) is 8.90. The van der Waals surface area contributed by atoms with Crippen molar-refractivity contribution < 1.29 is 0 Å². The Labute approximate surface area is 93.8 Å². The van der Waals surface area contributed by atoms with Crippen molar-refractivity contribution in [1.82, 2.24) is 4.98 Å². The SMILES string of the molecule is CC(C)c1scnc1-c1ccccc1N. The lowest BCUT2D eigenvalue weighted by Gasteiger charge is -2.07. The second-order valence-electron chi connectivity index (χ2n) is 3.81. The molecule has 2 N–H and O–H groups in total. The van der Waals surface area contributed by atoms with E-state index in [1.807, 2.05) is 29.8 Å². The van der Waals surface area contributed by atoms with Crippen LogP contribution >= 0.6 is 11.3 Å². The predicted octanol–water partition coefficient (Wildman–Crippen LogP) is 3.52. The van der Waals surface area contributed by atoms with Gasteiger partial charge < -0.3 is 5.73 Å². The number of thiazole rings is 1. The molecule has 0 fully saturated rings. The average molecular weight is 218 g/mol. The molecule has 15 heavy (non-hydrogen) atoms. The fourth-order valence-electron chi connectivity index (χ4n) is 1.58. The summed E-state index contributed by atoms with van der Waals surface area (Å²) in [6, 6.07) is 7.88. The first-order valence-electron chi connectivity index (χ1n) is 4.98. The molecule has 0 spiro atoms. The second kappa shape index (κ2) is 4.03. The van der Waals surface area contributed by atoms with Crippen molar-refractivity contribution >= 4 is 17.0 Å². The summed E-state index contributed by atoms with van der Waals surface area (Å²) in [5, 5.41) is 0. The zero-order chi connectivity index (χ0) is 10.8. The molecule has 2 aromatic rings. The van der Waals surface area contributed by atoms with Gasteiger partial charge in [-0.3, -0.25) is 0 Å². The molecule has 1 heterocycles. The number of para-hydroxylation sites is 1. The smallest absolute Gasteiger partial charge is 0.0866 e. The van der Waals surface area contributed by atoms with Gasteiger partial charge >= 0.3 is 0 Å². The monoisotopic (exact) mass is 218 g/mol.